The molecule has 2 unspecified atom stereocenters. The first-order chi connectivity index (χ1) is 8.53. The minimum absolute atomic E-state index is 0.140. The van der Waals surface area contributed by atoms with Crippen LogP contribution in [-0.2, 0) is 0 Å². The Morgan fingerprint density at radius 2 is 2.17 bits per heavy atom. The van der Waals surface area contributed by atoms with Crippen LogP contribution in [0.4, 0.5) is 0 Å². The maximum absolute atomic E-state index is 6.39. The largest absolute Gasteiger partial charge is 0.486 e. The van der Waals surface area contributed by atoms with Gasteiger partial charge in [0.05, 0.1) is 12.4 Å². The first kappa shape index (κ1) is 13.7. The molecule has 4 heteroatoms. The molecule has 3 nitrogen and oxygen atoms in total. The van der Waals surface area contributed by atoms with Gasteiger partial charge in [0.15, 0.2) is 5.75 Å². The summed E-state index contributed by atoms with van der Waals surface area (Å²) in [5.74, 6) is 0.864. The molecule has 0 aliphatic heterocycles. The molecule has 0 spiro atoms. The number of alkyl halides is 1. The van der Waals surface area contributed by atoms with Crippen molar-refractivity contribution >= 4 is 11.6 Å². The average molecular weight is 271 g/mol. The van der Waals surface area contributed by atoms with Gasteiger partial charge in [-0.3, -0.25) is 4.68 Å². The standard InChI is InChI=1S/C14H23ClN2O/c1-5-14(6-2)12(15)7-13(14)18-11-8-16-17(9-11)10(3)4/h8-10,12-13H,5-7H2,1-4H3. The fourth-order valence-corrected chi connectivity index (χ4v) is 3.45. The van der Waals surface area contributed by atoms with Gasteiger partial charge >= 0.3 is 0 Å². The van der Waals surface area contributed by atoms with E-state index in [2.05, 4.69) is 32.8 Å². The van der Waals surface area contributed by atoms with Crippen molar-refractivity contribution in [1.29, 1.82) is 0 Å². The summed E-state index contributed by atoms with van der Waals surface area (Å²) in [4.78, 5) is 0. The van der Waals surface area contributed by atoms with Crippen LogP contribution in [0.5, 0.6) is 5.75 Å². The SMILES string of the molecule is CCC1(CC)C(Cl)CC1Oc1cnn(C(C)C)c1. The van der Waals surface area contributed by atoms with Gasteiger partial charge in [-0.05, 0) is 26.7 Å². The minimum Gasteiger partial charge on any atom is -0.486 e. The molecular formula is C14H23ClN2O. The van der Waals surface area contributed by atoms with E-state index in [1.165, 1.54) is 0 Å². The summed E-state index contributed by atoms with van der Waals surface area (Å²) < 4.78 is 8.00. The number of aromatic nitrogens is 2. The lowest BCUT2D eigenvalue weighted by molar-refractivity contribution is -0.0462. The molecule has 0 saturated heterocycles. The molecule has 2 rings (SSSR count). The first-order valence-corrected chi connectivity index (χ1v) is 7.32. The predicted octanol–water partition coefficient (Wildman–Crippen LogP) is 4.03. The van der Waals surface area contributed by atoms with Crippen molar-refractivity contribution in [2.24, 2.45) is 5.41 Å². The van der Waals surface area contributed by atoms with Crippen LogP contribution < -0.4 is 4.74 Å². The lowest BCUT2D eigenvalue weighted by Gasteiger charge is -2.52. The normalized spacial score (nSPS) is 26.1. The third-order valence-electron chi connectivity index (χ3n) is 4.39. The van der Waals surface area contributed by atoms with Crippen LogP contribution >= 0.6 is 11.6 Å². The van der Waals surface area contributed by atoms with Crippen molar-refractivity contribution in [3.8, 4) is 5.75 Å². The van der Waals surface area contributed by atoms with E-state index in [4.69, 9.17) is 16.3 Å². The van der Waals surface area contributed by atoms with Crippen LogP contribution in [0.1, 0.15) is 53.0 Å². The Bertz CT molecular complexity index is 398. The molecule has 1 heterocycles. The summed E-state index contributed by atoms with van der Waals surface area (Å²) in [5, 5.41) is 4.55. The molecule has 0 amide bonds. The summed E-state index contributed by atoms with van der Waals surface area (Å²) in [6, 6.07) is 0.367. The van der Waals surface area contributed by atoms with Gasteiger partial charge in [0.2, 0.25) is 0 Å². The lowest BCUT2D eigenvalue weighted by Crippen LogP contribution is -2.56. The van der Waals surface area contributed by atoms with Gasteiger partial charge in [-0.2, -0.15) is 5.10 Å². The van der Waals surface area contributed by atoms with Crippen LogP contribution in [-0.4, -0.2) is 21.3 Å². The molecule has 1 saturated carbocycles. The summed E-state index contributed by atoms with van der Waals surface area (Å²) in [6.07, 6.45) is 7.09. The number of hydrogen-bond acceptors (Lipinski definition) is 2. The molecule has 1 aromatic heterocycles. The lowest BCUT2D eigenvalue weighted by atomic mass is 9.62. The summed E-state index contributed by atoms with van der Waals surface area (Å²) >= 11 is 6.39. The first-order valence-electron chi connectivity index (χ1n) is 6.88. The average Bonchev–Trinajstić information content (AvgIpc) is 2.79. The zero-order chi connectivity index (χ0) is 13.3. The van der Waals surface area contributed by atoms with Crippen LogP contribution in [0.15, 0.2) is 12.4 Å². The van der Waals surface area contributed by atoms with Gasteiger partial charge in [0.25, 0.3) is 0 Å². The summed E-state index contributed by atoms with van der Waals surface area (Å²) in [5.41, 5.74) is 0.140. The monoisotopic (exact) mass is 270 g/mol. The zero-order valence-corrected chi connectivity index (χ0v) is 12.4. The topological polar surface area (TPSA) is 27.1 Å². The van der Waals surface area contributed by atoms with E-state index in [-0.39, 0.29) is 16.9 Å². The highest BCUT2D eigenvalue weighted by Gasteiger charge is 2.53. The molecule has 1 aliphatic carbocycles. The maximum Gasteiger partial charge on any atom is 0.157 e. The molecule has 0 radical (unpaired) electrons. The Kier molecular flexibility index (Phi) is 3.90. The van der Waals surface area contributed by atoms with Crippen LogP contribution in [0.25, 0.3) is 0 Å². The van der Waals surface area contributed by atoms with Gasteiger partial charge in [-0.15, -0.1) is 11.6 Å². The van der Waals surface area contributed by atoms with E-state index in [9.17, 15) is 0 Å². The maximum atomic E-state index is 6.39. The Balaban J connectivity index is 2.05. The number of hydrogen-bond donors (Lipinski definition) is 0. The third-order valence-corrected chi connectivity index (χ3v) is 5.00. The molecule has 0 bridgehead atoms. The van der Waals surface area contributed by atoms with Gasteiger partial charge in [-0.1, -0.05) is 13.8 Å². The van der Waals surface area contributed by atoms with Gasteiger partial charge in [0.1, 0.15) is 6.10 Å². The highest BCUT2D eigenvalue weighted by atomic mass is 35.5. The van der Waals surface area contributed by atoms with E-state index in [0.717, 1.165) is 25.0 Å². The Morgan fingerprint density at radius 3 is 2.61 bits per heavy atom. The summed E-state index contributed by atoms with van der Waals surface area (Å²) in [6.45, 7) is 8.62. The van der Waals surface area contributed by atoms with Crippen LogP contribution in [0.3, 0.4) is 0 Å². The zero-order valence-electron chi connectivity index (χ0n) is 11.7. The highest BCUT2D eigenvalue weighted by Crippen LogP contribution is 2.51. The molecule has 0 aromatic carbocycles. The van der Waals surface area contributed by atoms with E-state index in [0.29, 0.717) is 6.04 Å². The van der Waals surface area contributed by atoms with Crippen molar-refractivity contribution < 1.29 is 4.74 Å². The molecule has 1 aliphatic rings. The van der Waals surface area contributed by atoms with Gasteiger partial charge in [-0.25, -0.2) is 0 Å². The van der Waals surface area contributed by atoms with Crippen molar-refractivity contribution in [1.82, 2.24) is 9.78 Å². The Labute approximate surface area is 114 Å². The third kappa shape index (κ3) is 2.13. The molecule has 102 valence electrons. The molecule has 1 aromatic rings. The van der Waals surface area contributed by atoms with Crippen LogP contribution in [0.2, 0.25) is 0 Å². The fraction of sp³-hybridized carbons (Fsp3) is 0.786. The molecule has 2 atom stereocenters. The van der Waals surface area contributed by atoms with Crippen molar-refractivity contribution in [2.45, 2.75) is 64.5 Å². The quantitative estimate of drug-likeness (QED) is 0.756. The van der Waals surface area contributed by atoms with Crippen molar-refractivity contribution in [2.75, 3.05) is 0 Å². The van der Waals surface area contributed by atoms with E-state index in [1.54, 1.807) is 6.20 Å². The number of ether oxygens (including phenoxy) is 1. The second kappa shape index (κ2) is 5.12. The second-order valence-electron chi connectivity index (χ2n) is 5.50. The smallest absolute Gasteiger partial charge is 0.157 e. The Hall–Kier alpha value is -0.700. The highest BCUT2D eigenvalue weighted by molar-refractivity contribution is 6.21. The molecule has 18 heavy (non-hydrogen) atoms. The molecule has 0 N–H and O–H groups in total. The van der Waals surface area contributed by atoms with E-state index >= 15 is 0 Å². The van der Waals surface area contributed by atoms with Crippen molar-refractivity contribution in [3.05, 3.63) is 12.4 Å². The summed E-state index contributed by atoms with van der Waals surface area (Å²) in [7, 11) is 0. The number of nitrogens with zero attached hydrogens (tertiary/aromatic N) is 2. The van der Waals surface area contributed by atoms with E-state index in [1.807, 2.05) is 10.9 Å². The van der Waals surface area contributed by atoms with Gasteiger partial charge < -0.3 is 4.74 Å². The number of halogens is 1. The number of rotatable bonds is 5. The molecular weight excluding hydrogens is 248 g/mol. The predicted molar refractivity (Wildman–Crippen MR) is 74.3 cm³/mol. The second-order valence-corrected chi connectivity index (χ2v) is 6.03. The van der Waals surface area contributed by atoms with Gasteiger partial charge in [0, 0.05) is 23.3 Å². The van der Waals surface area contributed by atoms with Crippen molar-refractivity contribution in [3.63, 3.8) is 0 Å². The van der Waals surface area contributed by atoms with E-state index < -0.39 is 0 Å². The van der Waals surface area contributed by atoms with Crippen LogP contribution in [0, 0.1) is 5.41 Å². The minimum atomic E-state index is 0.140. The Morgan fingerprint density at radius 1 is 1.50 bits per heavy atom. The molecule has 1 fully saturated rings. The fourth-order valence-electron chi connectivity index (χ4n) is 2.84.